The minimum absolute atomic E-state index is 0.252. The number of nitrogen functional groups attached to an aromatic ring is 1. The van der Waals surface area contributed by atoms with Gasteiger partial charge in [0.05, 0.1) is 17.3 Å². The van der Waals surface area contributed by atoms with Crippen LogP contribution in [0.25, 0.3) is 0 Å². The Kier molecular flexibility index (Phi) is 5.20. The molecule has 0 aliphatic heterocycles. The van der Waals surface area contributed by atoms with Gasteiger partial charge in [0.25, 0.3) is 5.91 Å². The standard InChI is InChI=1S/C16H17ClN2O2/c1-11(21-10-12-5-3-2-4-6-12)16(20)19-15-8-7-13(18)9-14(15)17/h2-9,11H,10,18H2,1H3,(H,19,20). The van der Waals surface area contributed by atoms with E-state index >= 15 is 0 Å². The first kappa shape index (κ1) is 15.4. The van der Waals surface area contributed by atoms with Gasteiger partial charge in [0.15, 0.2) is 0 Å². The summed E-state index contributed by atoms with van der Waals surface area (Å²) in [4.78, 5) is 12.0. The third-order valence-electron chi connectivity index (χ3n) is 2.96. The largest absolute Gasteiger partial charge is 0.399 e. The first-order valence-electron chi connectivity index (χ1n) is 6.57. The fourth-order valence-electron chi connectivity index (χ4n) is 1.74. The van der Waals surface area contributed by atoms with Crippen molar-refractivity contribution in [3.63, 3.8) is 0 Å². The van der Waals surface area contributed by atoms with Crippen LogP contribution in [-0.4, -0.2) is 12.0 Å². The van der Waals surface area contributed by atoms with Gasteiger partial charge in [-0.25, -0.2) is 0 Å². The molecule has 2 aromatic rings. The van der Waals surface area contributed by atoms with E-state index in [0.29, 0.717) is 23.0 Å². The average molecular weight is 305 g/mol. The van der Waals surface area contributed by atoms with Crippen LogP contribution in [-0.2, 0) is 16.1 Å². The summed E-state index contributed by atoms with van der Waals surface area (Å²) in [5, 5.41) is 3.12. The topological polar surface area (TPSA) is 64.3 Å². The zero-order valence-corrected chi connectivity index (χ0v) is 12.4. The molecular formula is C16H17ClN2O2. The molecule has 0 aromatic heterocycles. The number of carbonyl (C=O) groups is 1. The highest BCUT2D eigenvalue weighted by molar-refractivity contribution is 6.34. The lowest BCUT2D eigenvalue weighted by atomic mass is 10.2. The van der Waals surface area contributed by atoms with E-state index in [1.54, 1.807) is 25.1 Å². The van der Waals surface area contributed by atoms with Gasteiger partial charge in [-0.2, -0.15) is 0 Å². The van der Waals surface area contributed by atoms with Crippen molar-refractivity contribution in [2.24, 2.45) is 0 Å². The Hall–Kier alpha value is -2.04. The molecule has 0 bridgehead atoms. The smallest absolute Gasteiger partial charge is 0.253 e. The van der Waals surface area contributed by atoms with Crippen molar-refractivity contribution in [2.45, 2.75) is 19.6 Å². The summed E-state index contributed by atoms with van der Waals surface area (Å²) in [7, 11) is 0. The molecule has 1 atom stereocenters. The first-order valence-corrected chi connectivity index (χ1v) is 6.95. The fourth-order valence-corrected chi connectivity index (χ4v) is 1.97. The molecule has 110 valence electrons. The van der Waals surface area contributed by atoms with E-state index in [0.717, 1.165) is 5.56 Å². The van der Waals surface area contributed by atoms with Gasteiger partial charge in [0, 0.05) is 5.69 Å². The van der Waals surface area contributed by atoms with E-state index in [1.165, 1.54) is 0 Å². The van der Waals surface area contributed by atoms with E-state index < -0.39 is 6.10 Å². The molecule has 3 N–H and O–H groups in total. The molecule has 2 rings (SSSR count). The molecule has 21 heavy (non-hydrogen) atoms. The number of hydrogen-bond donors (Lipinski definition) is 2. The molecule has 1 amide bonds. The second-order valence-corrected chi connectivity index (χ2v) is 5.07. The normalized spacial score (nSPS) is 11.9. The summed E-state index contributed by atoms with van der Waals surface area (Å²) < 4.78 is 5.55. The second kappa shape index (κ2) is 7.11. The summed E-state index contributed by atoms with van der Waals surface area (Å²) in [5.74, 6) is -0.252. The second-order valence-electron chi connectivity index (χ2n) is 4.67. The predicted octanol–water partition coefficient (Wildman–Crippen LogP) is 3.47. The number of carbonyl (C=O) groups excluding carboxylic acids is 1. The number of nitrogens with one attached hydrogen (secondary N) is 1. The number of anilines is 2. The van der Waals surface area contributed by atoms with Crippen molar-refractivity contribution in [1.82, 2.24) is 0 Å². The minimum atomic E-state index is -0.584. The lowest BCUT2D eigenvalue weighted by molar-refractivity contribution is -0.127. The predicted molar refractivity (Wildman–Crippen MR) is 85.2 cm³/mol. The highest BCUT2D eigenvalue weighted by Crippen LogP contribution is 2.24. The van der Waals surface area contributed by atoms with Gasteiger partial charge < -0.3 is 15.8 Å². The molecular weight excluding hydrogens is 288 g/mol. The van der Waals surface area contributed by atoms with Crippen LogP contribution in [0.5, 0.6) is 0 Å². The molecule has 0 fully saturated rings. The quantitative estimate of drug-likeness (QED) is 0.831. The SMILES string of the molecule is CC(OCc1ccccc1)C(=O)Nc1ccc(N)cc1Cl. The van der Waals surface area contributed by atoms with Gasteiger partial charge in [-0.3, -0.25) is 4.79 Å². The number of amides is 1. The Morgan fingerprint density at radius 1 is 1.29 bits per heavy atom. The number of rotatable bonds is 5. The van der Waals surface area contributed by atoms with Gasteiger partial charge in [0.2, 0.25) is 0 Å². The van der Waals surface area contributed by atoms with Crippen LogP contribution in [0, 0.1) is 0 Å². The molecule has 0 aliphatic rings. The zero-order chi connectivity index (χ0) is 15.2. The van der Waals surface area contributed by atoms with Crippen LogP contribution in [0.3, 0.4) is 0 Å². The van der Waals surface area contributed by atoms with Gasteiger partial charge in [-0.05, 0) is 30.7 Å². The number of nitrogens with two attached hydrogens (primary N) is 1. The van der Waals surface area contributed by atoms with E-state index in [-0.39, 0.29) is 5.91 Å². The zero-order valence-electron chi connectivity index (χ0n) is 11.7. The Balaban J connectivity index is 1.90. The third kappa shape index (κ3) is 4.48. The molecule has 0 saturated carbocycles. The van der Waals surface area contributed by atoms with Crippen LogP contribution >= 0.6 is 11.6 Å². The monoisotopic (exact) mass is 304 g/mol. The summed E-state index contributed by atoms with van der Waals surface area (Å²) in [6.45, 7) is 2.08. The minimum Gasteiger partial charge on any atom is -0.399 e. The van der Waals surface area contributed by atoms with Gasteiger partial charge in [-0.1, -0.05) is 41.9 Å². The summed E-state index contributed by atoms with van der Waals surface area (Å²) in [5.41, 5.74) is 7.69. The van der Waals surface area contributed by atoms with E-state index in [2.05, 4.69) is 5.32 Å². The van der Waals surface area contributed by atoms with Crippen LogP contribution in [0.15, 0.2) is 48.5 Å². The van der Waals surface area contributed by atoms with Gasteiger partial charge in [0.1, 0.15) is 6.10 Å². The highest BCUT2D eigenvalue weighted by Gasteiger charge is 2.15. The molecule has 0 spiro atoms. The lowest BCUT2D eigenvalue weighted by Gasteiger charge is -2.14. The first-order chi connectivity index (χ1) is 10.1. The average Bonchev–Trinajstić information content (AvgIpc) is 2.48. The molecule has 2 aromatic carbocycles. The van der Waals surface area contributed by atoms with E-state index in [1.807, 2.05) is 30.3 Å². The molecule has 1 unspecified atom stereocenters. The Labute approximate surface area is 128 Å². The van der Waals surface area contributed by atoms with E-state index in [9.17, 15) is 4.79 Å². The van der Waals surface area contributed by atoms with Crippen LogP contribution in [0.4, 0.5) is 11.4 Å². The third-order valence-corrected chi connectivity index (χ3v) is 3.28. The molecule has 4 nitrogen and oxygen atoms in total. The maximum atomic E-state index is 12.0. The Bertz CT molecular complexity index is 617. The molecule has 5 heteroatoms. The summed E-state index contributed by atoms with van der Waals surface area (Å²) in [6.07, 6.45) is -0.584. The fraction of sp³-hybridized carbons (Fsp3) is 0.188. The number of benzene rings is 2. The molecule has 0 saturated heterocycles. The van der Waals surface area contributed by atoms with Crippen LogP contribution in [0.1, 0.15) is 12.5 Å². The number of hydrogen-bond acceptors (Lipinski definition) is 3. The maximum absolute atomic E-state index is 12.0. The lowest BCUT2D eigenvalue weighted by Crippen LogP contribution is -2.27. The van der Waals surface area contributed by atoms with E-state index in [4.69, 9.17) is 22.1 Å². The van der Waals surface area contributed by atoms with Crippen LogP contribution in [0.2, 0.25) is 5.02 Å². The van der Waals surface area contributed by atoms with Crippen molar-refractivity contribution in [1.29, 1.82) is 0 Å². The Morgan fingerprint density at radius 2 is 2.00 bits per heavy atom. The highest BCUT2D eigenvalue weighted by atomic mass is 35.5. The Morgan fingerprint density at radius 3 is 2.67 bits per heavy atom. The number of ether oxygens (including phenoxy) is 1. The van der Waals surface area contributed by atoms with Crippen molar-refractivity contribution in [3.8, 4) is 0 Å². The molecule has 0 heterocycles. The van der Waals surface area contributed by atoms with Crippen molar-refractivity contribution in [2.75, 3.05) is 11.1 Å². The summed E-state index contributed by atoms with van der Waals surface area (Å²) in [6, 6.07) is 14.6. The maximum Gasteiger partial charge on any atom is 0.253 e. The van der Waals surface area contributed by atoms with Gasteiger partial charge in [-0.15, -0.1) is 0 Å². The summed E-state index contributed by atoms with van der Waals surface area (Å²) >= 11 is 6.02. The van der Waals surface area contributed by atoms with Crippen molar-refractivity contribution < 1.29 is 9.53 Å². The molecule has 0 radical (unpaired) electrons. The van der Waals surface area contributed by atoms with Crippen molar-refractivity contribution in [3.05, 3.63) is 59.1 Å². The van der Waals surface area contributed by atoms with Crippen molar-refractivity contribution >= 4 is 28.9 Å². The molecule has 0 aliphatic carbocycles. The van der Waals surface area contributed by atoms with Gasteiger partial charge >= 0.3 is 0 Å². The van der Waals surface area contributed by atoms with Crippen LogP contribution < -0.4 is 11.1 Å². The number of halogens is 1.